The van der Waals surface area contributed by atoms with Crippen LogP contribution < -0.4 is 5.32 Å². The first-order chi connectivity index (χ1) is 7.30. The van der Waals surface area contributed by atoms with Gasteiger partial charge < -0.3 is 5.32 Å². The highest BCUT2D eigenvalue weighted by atomic mass is 16.2. The SMILES string of the molecule is O=C(NCC1(C2CC2)CC1)c1cn[nH]n1. The number of nitrogens with zero attached hydrogens (tertiary/aromatic N) is 2. The molecule has 2 aliphatic carbocycles. The number of carbonyl (C=O) groups excluding carboxylic acids is 1. The Morgan fingerprint density at radius 3 is 2.93 bits per heavy atom. The maximum absolute atomic E-state index is 11.6. The summed E-state index contributed by atoms with van der Waals surface area (Å²) in [5.74, 6) is 0.755. The Morgan fingerprint density at radius 1 is 1.60 bits per heavy atom. The lowest BCUT2D eigenvalue weighted by Crippen LogP contribution is -2.31. The van der Waals surface area contributed by atoms with Crippen LogP contribution in [0.4, 0.5) is 0 Å². The smallest absolute Gasteiger partial charge is 0.273 e. The van der Waals surface area contributed by atoms with Gasteiger partial charge in [-0.3, -0.25) is 4.79 Å². The highest BCUT2D eigenvalue weighted by Crippen LogP contribution is 2.60. The summed E-state index contributed by atoms with van der Waals surface area (Å²) in [5, 5.41) is 12.7. The first kappa shape index (κ1) is 8.88. The van der Waals surface area contributed by atoms with Gasteiger partial charge in [-0.25, -0.2) is 0 Å². The van der Waals surface area contributed by atoms with Gasteiger partial charge in [0.05, 0.1) is 6.20 Å². The molecule has 2 fully saturated rings. The van der Waals surface area contributed by atoms with E-state index in [4.69, 9.17) is 0 Å². The van der Waals surface area contributed by atoms with Crippen LogP contribution in [0.5, 0.6) is 0 Å². The molecule has 0 aromatic carbocycles. The Balaban J connectivity index is 1.56. The van der Waals surface area contributed by atoms with E-state index in [9.17, 15) is 4.79 Å². The van der Waals surface area contributed by atoms with Crippen molar-refractivity contribution in [3.8, 4) is 0 Å². The maximum Gasteiger partial charge on any atom is 0.273 e. The van der Waals surface area contributed by atoms with E-state index in [1.165, 1.54) is 31.9 Å². The van der Waals surface area contributed by atoms with Gasteiger partial charge in [0.25, 0.3) is 5.91 Å². The van der Waals surface area contributed by atoms with Crippen LogP contribution >= 0.6 is 0 Å². The standard InChI is InChI=1S/C10H14N4O/c15-9(8-5-12-14-13-8)11-6-10(3-4-10)7-1-2-7/h5,7H,1-4,6H2,(H,11,15)(H,12,13,14). The van der Waals surface area contributed by atoms with Crippen molar-refractivity contribution in [3.63, 3.8) is 0 Å². The number of carbonyl (C=O) groups is 1. The molecule has 80 valence electrons. The number of H-pyrrole nitrogens is 1. The normalized spacial score (nSPS) is 22.4. The number of rotatable bonds is 4. The van der Waals surface area contributed by atoms with Crippen molar-refractivity contribution in [2.45, 2.75) is 25.7 Å². The second kappa shape index (κ2) is 3.05. The third-order valence-corrected chi connectivity index (χ3v) is 3.58. The molecule has 1 heterocycles. The topological polar surface area (TPSA) is 70.7 Å². The quantitative estimate of drug-likeness (QED) is 0.762. The van der Waals surface area contributed by atoms with E-state index in [0.717, 1.165) is 12.5 Å². The summed E-state index contributed by atoms with van der Waals surface area (Å²) in [7, 11) is 0. The lowest BCUT2D eigenvalue weighted by molar-refractivity contribution is 0.0937. The minimum absolute atomic E-state index is 0.115. The molecule has 0 aliphatic heterocycles. The molecule has 5 nitrogen and oxygen atoms in total. The molecule has 0 atom stereocenters. The fraction of sp³-hybridized carbons (Fsp3) is 0.700. The molecule has 2 N–H and O–H groups in total. The number of amides is 1. The summed E-state index contributed by atoms with van der Waals surface area (Å²) in [5.41, 5.74) is 0.820. The molecule has 0 spiro atoms. The van der Waals surface area contributed by atoms with Crippen molar-refractivity contribution in [1.82, 2.24) is 20.7 Å². The number of aromatic nitrogens is 3. The average Bonchev–Trinajstić information content (AvgIpc) is 3.14. The molecule has 2 aliphatic rings. The third-order valence-electron chi connectivity index (χ3n) is 3.58. The molecule has 2 saturated carbocycles. The molecule has 0 bridgehead atoms. The van der Waals surface area contributed by atoms with Crippen LogP contribution in [0.2, 0.25) is 0 Å². The van der Waals surface area contributed by atoms with Crippen molar-refractivity contribution in [2.24, 2.45) is 11.3 Å². The third kappa shape index (κ3) is 1.62. The molecule has 15 heavy (non-hydrogen) atoms. The highest BCUT2D eigenvalue weighted by molar-refractivity contribution is 5.91. The number of nitrogens with one attached hydrogen (secondary N) is 2. The van der Waals surface area contributed by atoms with Crippen molar-refractivity contribution in [2.75, 3.05) is 6.54 Å². The number of hydrogen-bond acceptors (Lipinski definition) is 3. The second-order valence-electron chi connectivity index (χ2n) is 4.67. The minimum Gasteiger partial charge on any atom is -0.350 e. The van der Waals surface area contributed by atoms with Gasteiger partial charge >= 0.3 is 0 Å². The van der Waals surface area contributed by atoms with Gasteiger partial charge in [0.1, 0.15) is 0 Å². The lowest BCUT2D eigenvalue weighted by atomic mass is 10.0. The Morgan fingerprint density at radius 2 is 2.40 bits per heavy atom. The first-order valence-corrected chi connectivity index (χ1v) is 5.44. The zero-order valence-electron chi connectivity index (χ0n) is 8.49. The molecule has 5 heteroatoms. The molecular weight excluding hydrogens is 192 g/mol. The fourth-order valence-electron chi connectivity index (χ4n) is 2.24. The van der Waals surface area contributed by atoms with E-state index < -0.39 is 0 Å². The highest BCUT2D eigenvalue weighted by Gasteiger charge is 2.53. The average molecular weight is 206 g/mol. The summed E-state index contributed by atoms with van der Waals surface area (Å²) in [6, 6.07) is 0. The van der Waals surface area contributed by atoms with Crippen molar-refractivity contribution in [1.29, 1.82) is 0 Å². The van der Waals surface area contributed by atoms with Gasteiger partial charge in [-0.15, -0.1) is 0 Å². The van der Waals surface area contributed by atoms with E-state index >= 15 is 0 Å². The van der Waals surface area contributed by atoms with Gasteiger partial charge in [-0.1, -0.05) is 0 Å². The predicted octanol–water partition coefficient (Wildman–Crippen LogP) is 0.725. The Labute approximate surface area is 87.6 Å². The Hall–Kier alpha value is -1.39. The fourth-order valence-corrected chi connectivity index (χ4v) is 2.24. The zero-order chi connectivity index (χ0) is 10.3. The van der Waals surface area contributed by atoms with E-state index in [1.54, 1.807) is 0 Å². The summed E-state index contributed by atoms with van der Waals surface area (Å²) in [6.45, 7) is 0.809. The molecular formula is C10H14N4O. The van der Waals surface area contributed by atoms with Crippen molar-refractivity contribution in [3.05, 3.63) is 11.9 Å². The molecule has 1 aromatic heterocycles. The molecule has 0 unspecified atom stereocenters. The summed E-state index contributed by atoms with van der Waals surface area (Å²) in [4.78, 5) is 11.6. The molecule has 3 rings (SSSR count). The van der Waals surface area contributed by atoms with E-state index in [2.05, 4.69) is 20.7 Å². The van der Waals surface area contributed by atoms with Crippen LogP contribution in [-0.4, -0.2) is 27.9 Å². The summed E-state index contributed by atoms with van der Waals surface area (Å²) < 4.78 is 0. The van der Waals surface area contributed by atoms with Gasteiger partial charge in [0.15, 0.2) is 5.69 Å². The van der Waals surface area contributed by atoms with Crippen LogP contribution in [0.15, 0.2) is 6.20 Å². The van der Waals surface area contributed by atoms with Crippen molar-refractivity contribution < 1.29 is 4.79 Å². The predicted molar refractivity (Wildman–Crippen MR) is 53.1 cm³/mol. The van der Waals surface area contributed by atoms with Crippen LogP contribution in [0, 0.1) is 11.3 Å². The van der Waals surface area contributed by atoms with E-state index in [0.29, 0.717) is 11.1 Å². The molecule has 1 amide bonds. The van der Waals surface area contributed by atoms with Gasteiger partial charge in [0.2, 0.25) is 0 Å². The Bertz CT molecular complexity index is 365. The van der Waals surface area contributed by atoms with Crippen molar-refractivity contribution >= 4 is 5.91 Å². The van der Waals surface area contributed by atoms with Crippen LogP contribution in [0.3, 0.4) is 0 Å². The summed E-state index contributed by atoms with van der Waals surface area (Å²) in [6.07, 6.45) is 6.69. The molecule has 0 radical (unpaired) electrons. The summed E-state index contributed by atoms with van der Waals surface area (Å²) >= 11 is 0. The molecule has 1 aromatic rings. The minimum atomic E-state index is -0.115. The van der Waals surface area contributed by atoms with Gasteiger partial charge in [-0.2, -0.15) is 15.4 Å². The van der Waals surface area contributed by atoms with E-state index in [-0.39, 0.29) is 5.91 Å². The van der Waals surface area contributed by atoms with E-state index in [1.807, 2.05) is 0 Å². The van der Waals surface area contributed by atoms with Crippen LogP contribution in [-0.2, 0) is 0 Å². The maximum atomic E-state index is 11.6. The number of hydrogen-bond donors (Lipinski definition) is 2. The molecule has 0 saturated heterocycles. The van der Waals surface area contributed by atoms with Gasteiger partial charge in [-0.05, 0) is 37.0 Å². The van der Waals surface area contributed by atoms with Crippen LogP contribution in [0.1, 0.15) is 36.2 Å². The Kier molecular flexibility index (Phi) is 1.81. The van der Waals surface area contributed by atoms with Crippen LogP contribution in [0.25, 0.3) is 0 Å². The second-order valence-corrected chi connectivity index (χ2v) is 4.67. The largest absolute Gasteiger partial charge is 0.350 e. The lowest BCUT2D eigenvalue weighted by Gasteiger charge is -2.13. The number of aromatic amines is 1. The first-order valence-electron chi connectivity index (χ1n) is 5.44. The zero-order valence-corrected chi connectivity index (χ0v) is 8.49. The monoisotopic (exact) mass is 206 g/mol. The van der Waals surface area contributed by atoms with Gasteiger partial charge in [0, 0.05) is 6.54 Å².